The zero-order valence-corrected chi connectivity index (χ0v) is 14.8. The highest BCUT2D eigenvalue weighted by molar-refractivity contribution is 9.10. The molecule has 10 heteroatoms. The number of nitrogens with one attached hydrogen (secondary N) is 2. The van der Waals surface area contributed by atoms with Crippen LogP contribution >= 0.6 is 27.5 Å². The second kappa shape index (κ2) is 7.41. The van der Waals surface area contributed by atoms with E-state index in [0.717, 1.165) is 4.47 Å². The van der Waals surface area contributed by atoms with Crippen molar-refractivity contribution in [2.24, 2.45) is 0 Å². The predicted octanol–water partition coefficient (Wildman–Crippen LogP) is 4.68. The molecule has 0 atom stereocenters. The molecule has 0 aliphatic heterocycles. The summed E-state index contributed by atoms with van der Waals surface area (Å²) in [5, 5.41) is 17.7. The maximum absolute atomic E-state index is 11.5. The molecule has 25 heavy (non-hydrogen) atoms. The highest BCUT2D eigenvalue weighted by Gasteiger charge is 2.24. The Balaban J connectivity index is 1.98. The molecule has 2 aromatic heterocycles. The van der Waals surface area contributed by atoms with Gasteiger partial charge in [-0.2, -0.15) is 0 Å². The lowest BCUT2D eigenvalue weighted by Gasteiger charge is -2.10. The lowest BCUT2D eigenvalue weighted by Crippen LogP contribution is -2.06. The summed E-state index contributed by atoms with van der Waals surface area (Å²) in [5.74, 6) is 0.450. The second-order valence-electron chi connectivity index (χ2n) is 4.77. The van der Waals surface area contributed by atoms with Crippen molar-refractivity contribution in [1.29, 1.82) is 0 Å². The van der Waals surface area contributed by atoms with Crippen LogP contribution in [0, 0.1) is 10.1 Å². The number of hydrogen-bond acceptors (Lipinski definition) is 7. The molecule has 0 radical (unpaired) electrons. The Kier molecular flexibility index (Phi) is 5.05. The van der Waals surface area contributed by atoms with E-state index in [1.807, 2.05) is 0 Å². The van der Waals surface area contributed by atoms with Crippen LogP contribution in [0.4, 0.5) is 28.8 Å². The largest absolute Gasteiger partial charge is 0.353 e. The van der Waals surface area contributed by atoms with E-state index >= 15 is 0 Å². The van der Waals surface area contributed by atoms with Gasteiger partial charge in [-0.05, 0) is 40.2 Å². The number of para-hydroxylation sites is 1. The first kappa shape index (κ1) is 17.1. The van der Waals surface area contributed by atoms with Gasteiger partial charge in [-0.25, -0.2) is 15.0 Å². The Bertz CT molecular complexity index is 922. The summed E-state index contributed by atoms with van der Waals surface area (Å²) in [6.45, 7) is 0. The summed E-state index contributed by atoms with van der Waals surface area (Å²) < 4.78 is 0.788. The Hall–Kier alpha value is -2.78. The number of halogens is 2. The first-order valence-corrected chi connectivity index (χ1v) is 8.11. The van der Waals surface area contributed by atoms with Crippen LogP contribution < -0.4 is 10.6 Å². The Morgan fingerprint density at radius 2 is 1.76 bits per heavy atom. The molecule has 2 heterocycles. The summed E-state index contributed by atoms with van der Waals surface area (Å²) in [5.41, 5.74) is 0.186. The topological polar surface area (TPSA) is 106 Å². The standard InChI is InChI=1S/C15H10BrClN6O2/c16-9-5-6-12(18-7-9)22-15-13(23(24)25)14(19-8-20-15)21-11-4-2-1-3-10(11)17/h1-8H,(H2,18,19,20,21,22). The first-order chi connectivity index (χ1) is 12.0. The zero-order chi connectivity index (χ0) is 17.8. The molecule has 0 bridgehead atoms. The SMILES string of the molecule is O=[N+]([O-])c1c(Nc2ccc(Br)cn2)ncnc1Nc1ccccc1Cl. The average molecular weight is 422 g/mol. The molecule has 0 unspecified atom stereocenters. The maximum atomic E-state index is 11.5. The molecule has 0 aliphatic rings. The van der Waals surface area contributed by atoms with Crippen molar-refractivity contribution in [3.05, 3.63) is 68.5 Å². The quantitative estimate of drug-likeness (QED) is 0.455. The zero-order valence-electron chi connectivity index (χ0n) is 12.5. The number of rotatable bonds is 5. The van der Waals surface area contributed by atoms with Crippen molar-refractivity contribution in [2.45, 2.75) is 0 Å². The summed E-state index contributed by atoms with van der Waals surface area (Å²) in [6, 6.07) is 10.3. The number of hydrogen-bond donors (Lipinski definition) is 2. The second-order valence-corrected chi connectivity index (χ2v) is 6.09. The van der Waals surface area contributed by atoms with Gasteiger partial charge in [0.1, 0.15) is 12.1 Å². The molecule has 126 valence electrons. The van der Waals surface area contributed by atoms with Gasteiger partial charge in [0, 0.05) is 10.7 Å². The molecule has 0 saturated carbocycles. The van der Waals surface area contributed by atoms with Crippen LogP contribution in [0.1, 0.15) is 0 Å². The van der Waals surface area contributed by atoms with Gasteiger partial charge < -0.3 is 10.6 Å². The number of anilines is 4. The molecule has 2 N–H and O–H groups in total. The predicted molar refractivity (Wildman–Crippen MR) is 98.6 cm³/mol. The third kappa shape index (κ3) is 4.01. The monoisotopic (exact) mass is 420 g/mol. The van der Waals surface area contributed by atoms with Gasteiger partial charge in [0.25, 0.3) is 0 Å². The van der Waals surface area contributed by atoms with Gasteiger partial charge in [0.15, 0.2) is 0 Å². The molecule has 1 aromatic carbocycles. The van der Waals surface area contributed by atoms with Crippen molar-refractivity contribution < 1.29 is 4.92 Å². The van der Waals surface area contributed by atoms with E-state index < -0.39 is 4.92 Å². The van der Waals surface area contributed by atoms with Crippen molar-refractivity contribution >= 4 is 56.4 Å². The fourth-order valence-electron chi connectivity index (χ4n) is 2.00. The van der Waals surface area contributed by atoms with Crippen LogP contribution in [-0.2, 0) is 0 Å². The normalized spacial score (nSPS) is 10.3. The minimum absolute atomic E-state index is 0.0179. The van der Waals surface area contributed by atoms with E-state index in [-0.39, 0.29) is 17.3 Å². The molecule has 8 nitrogen and oxygen atoms in total. The minimum Gasteiger partial charge on any atom is -0.333 e. The fraction of sp³-hybridized carbons (Fsp3) is 0. The van der Waals surface area contributed by atoms with E-state index in [1.165, 1.54) is 6.33 Å². The van der Waals surface area contributed by atoms with E-state index in [2.05, 4.69) is 41.5 Å². The number of nitro groups is 1. The average Bonchev–Trinajstić information content (AvgIpc) is 2.59. The summed E-state index contributed by atoms with van der Waals surface area (Å²) >= 11 is 9.36. The molecule has 0 amide bonds. The Morgan fingerprint density at radius 3 is 2.40 bits per heavy atom. The Labute approximate surface area is 155 Å². The van der Waals surface area contributed by atoms with Crippen LogP contribution in [0.3, 0.4) is 0 Å². The highest BCUT2D eigenvalue weighted by Crippen LogP contribution is 2.34. The van der Waals surface area contributed by atoms with Crippen LogP contribution in [-0.4, -0.2) is 19.9 Å². The summed E-state index contributed by atoms with van der Waals surface area (Å²) in [6.07, 6.45) is 2.78. The summed E-state index contributed by atoms with van der Waals surface area (Å²) in [4.78, 5) is 23.0. The first-order valence-electron chi connectivity index (χ1n) is 6.94. The molecule has 0 fully saturated rings. The van der Waals surface area contributed by atoms with Crippen LogP contribution in [0.2, 0.25) is 5.02 Å². The van der Waals surface area contributed by atoms with Crippen molar-refractivity contribution in [3.63, 3.8) is 0 Å². The van der Waals surface area contributed by atoms with Crippen molar-refractivity contribution in [3.8, 4) is 0 Å². The molecule has 3 rings (SSSR count). The van der Waals surface area contributed by atoms with E-state index in [4.69, 9.17) is 11.6 Å². The number of aromatic nitrogens is 3. The number of nitrogens with zero attached hydrogens (tertiary/aromatic N) is 4. The molecule has 3 aromatic rings. The molecular weight excluding hydrogens is 412 g/mol. The van der Waals surface area contributed by atoms with Gasteiger partial charge in [0.2, 0.25) is 11.6 Å². The third-order valence-electron chi connectivity index (χ3n) is 3.11. The minimum atomic E-state index is -0.569. The summed E-state index contributed by atoms with van der Waals surface area (Å²) in [7, 11) is 0. The van der Waals surface area contributed by atoms with E-state index in [9.17, 15) is 10.1 Å². The van der Waals surface area contributed by atoms with Crippen LogP contribution in [0.5, 0.6) is 0 Å². The molecule has 0 saturated heterocycles. The highest BCUT2D eigenvalue weighted by atomic mass is 79.9. The molecular formula is C15H10BrClN6O2. The molecule has 0 spiro atoms. The van der Waals surface area contributed by atoms with Crippen LogP contribution in [0.25, 0.3) is 0 Å². The van der Waals surface area contributed by atoms with Crippen molar-refractivity contribution in [1.82, 2.24) is 15.0 Å². The van der Waals surface area contributed by atoms with E-state index in [1.54, 1.807) is 42.6 Å². The van der Waals surface area contributed by atoms with Gasteiger partial charge in [-0.3, -0.25) is 10.1 Å². The van der Waals surface area contributed by atoms with Gasteiger partial charge in [-0.1, -0.05) is 23.7 Å². The fourth-order valence-corrected chi connectivity index (χ4v) is 2.41. The lowest BCUT2D eigenvalue weighted by atomic mass is 10.3. The number of benzene rings is 1. The number of pyridine rings is 1. The molecule has 0 aliphatic carbocycles. The van der Waals surface area contributed by atoms with E-state index in [0.29, 0.717) is 16.5 Å². The lowest BCUT2D eigenvalue weighted by molar-refractivity contribution is -0.383. The smallest absolute Gasteiger partial charge is 0.333 e. The Morgan fingerprint density at radius 1 is 1.04 bits per heavy atom. The van der Waals surface area contributed by atoms with Crippen molar-refractivity contribution in [2.75, 3.05) is 10.6 Å². The van der Waals surface area contributed by atoms with Crippen LogP contribution in [0.15, 0.2) is 53.4 Å². The van der Waals surface area contributed by atoms with Gasteiger partial charge in [-0.15, -0.1) is 0 Å². The van der Waals surface area contributed by atoms with Gasteiger partial charge in [0.05, 0.1) is 15.6 Å². The van der Waals surface area contributed by atoms with Gasteiger partial charge >= 0.3 is 5.69 Å². The maximum Gasteiger partial charge on any atom is 0.353 e. The third-order valence-corrected chi connectivity index (χ3v) is 3.90.